The number of alkyl halides is 3. The van der Waals surface area contributed by atoms with E-state index in [1.165, 1.54) is 4.31 Å². The van der Waals surface area contributed by atoms with Crippen LogP contribution in [-0.2, 0) is 16.2 Å². The molecule has 2 N–H and O–H groups in total. The molecule has 0 aliphatic carbocycles. The molecule has 2 aromatic carbocycles. The number of rotatable bonds is 3. The molecular weight excluding hydrogens is 353 g/mol. The van der Waals surface area contributed by atoms with Crippen LogP contribution in [0.3, 0.4) is 0 Å². The van der Waals surface area contributed by atoms with Gasteiger partial charge in [-0.3, -0.25) is 0 Å². The van der Waals surface area contributed by atoms with Crippen LogP contribution in [0.5, 0.6) is 0 Å². The maximum atomic E-state index is 12.7. The second kappa shape index (κ2) is 6.44. The Morgan fingerprint density at radius 2 is 1.56 bits per heavy atom. The molecule has 1 aliphatic rings. The molecule has 0 unspecified atom stereocenters. The van der Waals surface area contributed by atoms with Crippen molar-refractivity contribution >= 4 is 10.0 Å². The fraction of sp³-hybridized carbons (Fsp3) is 0.294. The summed E-state index contributed by atoms with van der Waals surface area (Å²) < 4.78 is 64.5. The van der Waals surface area contributed by atoms with Crippen molar-refractivity contribution in [3.63, 3.8) is 0 Å². The van der Waals surface area contributed by atoms with Gasteiger partial charge in [-0.25, -0.2) is 8.42 Å². The van der Waals surface area contributed by atoms with Crippen LogP contribution < -0.4 is 5.73 Å². The van der Waals surface area contributed by atoms with Gasteiger partial charge in [0.1, 0.15) is 0 Å². The number of halogens is 3. The van der Waals surface area contributed by atoms with E-state index in [0.29, 0.717) is 0 Å². The monoisotopic (exact) mass is 370 g/mol. The van der Waals surface area contributed by atoms with Gasteiger partial charge in [-0.05, 0) is 29.8 Å². The molecule has 25 heavy (non-hydrogen) atoms. The quantitative estimate of drug-likeness (QED) is 0.904. The van der Waals surface area contributed by atoms with E-state index in [1.54, 1.807) is 0 Å². The predicted molar refractivity (Wildman–Crippen MR) is 87.4 cm³/mol. The van der Waals surface area contributed by atoms with Crippen molar-refractivity contribution in [1.82, 2.24) is 4.31 Å². The van der Waals surface area contributed by atoms with Crippen LogP contribution in [-0.4, -0.2) is 31.9 Å². The summed E-state index contributed by atoms with van der Waals surface area (Å²) in [5, 5.41) is 0. The first kappa shape index (κ1) is 17.9. The fourth-order valence-electron chi connectivity index (χ4n) is 3.01. The highest BCUT2D eigenvalue weighted by Gasteiger charge is 2.38. The first-order valence-corrected chi connectivity index (χ1v) is 9.11. The summed E-state index contributed by atoms with van der Waals surface area (Å²) in [4.78, 5) is -0.165. The molecule has 0 aromatic heterocycles. The molecule has 1 aliphatic heterocycles. The maximum absolute atomic E-state index is 12.7. The smallest absolute Gasteiger partial charge is 0.326 e. The summed E-state index contributed by atoms with van der Waals surface area (Å²) in [6.07, 6.45) is -4.50. The maximum Gasteiger partial charge on any atom is 0.416 e. The summed E-state index contributed by atoms with van der Waals surface area (Å²) >= 11 is 0. The first-order valence-electron chi connectivity index (χ1n) is 7.67. The third-order valence-corrected chi connectivity index (χ3v) is 6.22. The van der Waals surface area contributed by atoms with Gasteiger partial charge in [-0.2, -0.15) is 17.5 Å². The lowest BCUT2D eigenvalue weighted by molar-refractivity contribution is -0.137. The summed E-state index contributed by atoms with van der Waals surface area (Å²) in [5.74, 6) is -0.148. The third kappa shape index (κ3) is 3.56. The number of nitrogens with two attached hydrogens (primary N) is 1. The lowest BCUT2D eigenvalue weighted by Gasteiger charge is -2.17. The van der Waals surface area contributed by atoms with Gasteiger partial charge in [0, 0.05) is 25.0 Å². The molecular formula is C17H17F3N2O2S. The topological polar surface area (TPSA) is 63.4 Å². The number of benzene rings is 2. The van der Waals surface area contributed by atoms with Gasteiger partial charge in [-0.1, -0.05) is 30.3 Å². The molecule has 2 atom stereocenters. The standard InChI is InChI=1S/C17H17F3N2O2S/c18-17(19,20)13-6-8-14(9-7-13)25(23,24)22-10-15(16(21)11-22)12-4-2-1-3-5-12/h1-9,15-16H,10-11,21H2/t15-,16+/m0/s1. The minimum absolute atomic E-state index is 0.128. The fourth-order valence-corrected chi connectivity index (χ4v) is 4.51. The van der Waals surface area contributed by atoms with Crippen molar-refractivity contribution in [1.29, 1.82) is 0 Å². The molecule has 1 fully saturated rings. The van der Waals surface area contributed by atoms with Gasteiger partial charge < -0.3 is 5.73 Å². The van der Waals surface area contributed by atoms with Crippen molar-refractivity contribution in [3.05, 3.63) is 65.7 Å². The molecule has 1 saturated heterocycles. The van der Waals surface area contributed by atoms with Crippen LogP contribution in [0.15, 0.2) is 59.5 Å². The average Bonchev–Trinajstić information content (AvgIpc) is 2.98. The van der Waals surface area contributed by atoms with Crippen molar-refractivity contribution in [2.75, 3.05) is 13.1 Å². The zero-order valence-corrected chi connectivity index (χ0v) is 14.0. The predicted octanol–water partition coefficient (Wildman–Crippen LogP) is 2.82. The lowest BCUT2D eigenvalue weighted by atomic mass is 9.95. The Balaban J connectivity index is 1.84. The van der Waals surface area contributed by atoms with Crippen LogP contribution in [0.4, 0.5) is 13.2 Å². The highest BCUT2D eigenvalue weighted by molar-refractivity contribution is 7.89. The summed E-state index contributed by atoms with van der Waals surface area (Å²) in [5.41, 5.74) is 6.16. The first-order chi connectivity index (χ1) is 11.7. The van der Waals surface area contributed by atoms with Crippen molar-refractivity contribution in [3.8, 4) is 0 Å². The molecule has 4 nitrogen and oxygen atoms in total. The van der Waals surface area contributed by atoms with Gasteiger partial charge in [-0.15, -0.1) is 0 Å². The molecule has 0 radical (unpaired) electrons. The van der Waals surface area contributed by atoms with E-state index < -0.39 is 21.8 Å². The minimum atomic E-state index is -4.50. The second-order valence-electron chi connectivity index (χ2n) is 6.03. The van der Waals surface area contributed by atoms with Crippen LogP contribution in [0, 0.1) is 0 Å². The van der Waals surface area contributed by atoms with E-state index in [1.807, 2.05) is 30.3 Å². The van der Waals surface area contributed by atoms with Crippen molar-refractivity contribution in [2.45, 2.75) is 23.0 Å². The zero-order chi connectivity index (χ0) is 18.2. The van der Waals surface area contributed by atoms with Gasteiger partial charge >= 0.3 is 6.18 Å². The molecule has 0 amide bonds. The third-order valence-electron chi connectivity index (χ3n) is 4.38. The van der Waals surface area contributed by atoms with E-state index in [4.69, 9.17) is 5.73 Å². The lowest BCUT2D eigenvalue weighted by Crippen LogP contribution is -2.32. The van der Waals surface area contributed by atoms with E-state index in [2.05, 4.69) is 0 Å². The van der Waals surface area contributed by atoms with Gasteiger partial charge in [0.25, 0.3) is 0 Å². The molecule has 0 spiro atoms. The van der Waals surface area contributed by atoms with E-state index in [0.717, 1.165) is 29.8 Å². The van der Waals surface area contributed by atoms with Gasteiger partial charge in [0.15, 0.2) is 0 Å². The summed E-state index contributed by atoms with van der Waals surface area (Å²) in [6, 6.07) is 12.5. The Labute approximate surface area is 144 Å². The van der Waals surface area contributed by atoms with E-state index in [-0.39, 0.29) is 29.9 Å². The van der Waals surface area contributed by atoms with E-state index in [9.17, 15) is 21.6 Å². The molecule has 0 bridgehead atoms. The molecule has 3 rings (SSSR count). The number of nitrogens with zero attached hydrogens (tertiary/aromatic N) is 1. The number of hydrogen-bond donors (Lipinski definition) is 1. The summed E-state index contributed by atoms with van der Waals surface area (Å²) in [7, 11) is -3.89. The number of sulfonamides is 1. The van der Waals surface area contributed by atoms with Crippen molar-refractivity contribution in [2.24, 2.45) is 5.73 Å². The van der Waals surface area contributed by atoms with Gasteiger partial charge in [0.05, 0.1) is 10.5 Å². The SMILES string of the molecule is N[C@@H]1CN(S(=O)(=O)c2ccc(C(F)(F)F)cc2)C[C@H]1c1ccccc1. The highest BCUT2D eigenvalue weighted by atomic mass is 32.2. The molecule has 1 heterocycles. The Morgan fingerprint density at radius 3 is 2.12 bits per heavy atom. The minimum Gasteiger partial charge on any atom is -0.326 e. The van der Waals surface area contributed by atoms with Gasteiger partial charge in [0.2, 0.25) is 10.0 Å². The van der Waals surface area contributed by atoms with Crippen LogP contribution in [0.2, 0.25) is 0 Å². The second-order valence-corrected chi connectivity index (χ2v) is 7.96. The largest absolute Gasteiger partial charge is 0.416 e. The highest BCUT2D eigenvalue weighted by Crippen LogP contribution is 2.33. The molecule has 0 saturated carbocycles. The van der Waals surface area contributed by atoms with Crippen LogP contribution in [0.25, 0.3) is 0 Å². The van der Waals surface area contributed by atoms with Crippen LogP contribution >= 0.6 is 0 Å². The molecule has 2 aromatic rings. The Morgan fingerprint density at radius 1 is 0.960 bits per heavy atom. The van der Waals surface area contributed by atoms with Crippen molar-refractivity contribution < 1.29 is 21.6 Å². The zero-order valence-electron chi connectivity index (χ0n) is 13.1. The van der Waals surface area contributed by atoms with E-state index >= 15 is 0 Å². The average molecular weight is 370 g/mol. The molecule has 134 valence electrons. The Kier molecular flexibility index (Phi) is 4.61. The van der Waals surface area contributed by atoms with Crippen LogP contribution in [0.1, 0.15) is 17.0 Å². The normalized spacial score (nSPS) is 22.2. The summed E-state index contributed by atoms with van der Waals surface area (Å²) in [6.45, 7) is 0.331. The Bertz CT molecular complexity index is 836. The molecule has 8 heteroatoms. The number of hydrogen-bond acceptors (Lipinski definition) is 3. The Hall–Kier alpha value is -1.90.